The van der Waals surface area contributed by atoms with Crippen LogP contribution in [0.25, 0.3) is 0 Å². The van der Waals surface area contributed by atoms with Gasteiger partial charge in [-0.2, -0.15) is 0 Å². The van der Waals surface area contributed by atoms with E-state index in [9.17, 15) is 4.79 Å². The Bertz CT molecular complexity index is 407. The van der Waals surface area contributed by atoms with Crippen LogP contribution in [0.1, 0.15) is 52.4 Å². The van der Waals surface area contributed by atoms with E-state index in [1.165, 1.54) is 0 Å². The summed E-state index contributed by atoms with van der Waals surface area (Å²) in [5.74, 6) is 0.674. The van der Waals surface area contributed by atoms with E-state index in [2.05, 4.69) is 26.1 Å². The van der Waals surface area contributed by atoms with Gasteiger partial charge in [0.15, 0.2) is 0 Å². The summed E-state index contributed by atoms with van der Waals surface area (Å²) in [6, 6.07) is 7.37. The fraction of sp³-hybridized carbons (Fsp3) is 0.562. The Morgan fingerprint density at radius 3 is 2.53 bits per heavy atom. The number of amides is 1. The smallest absolute Gasteiger partial charge is 0.251 e. The fourth-order valence-electron chi connectivity index (χ4n) is 1.39. The number of carbonyl (C=O) groups excluding carboxylic acids is 1. The zero-order valence-electron chi connectivity index (χ0n) is 11.9. The zero-order valence-corrected chi connectivity index (χ0v) is 11.9. The van der Waals surface area contributed by atoms with E-state index in [0.717, 1.165) is 5.75 Å². The van der Waals surface area contributed by atoms with Crippen molar-refractivity contribution in [2.24, 2.45) is 5.41 Å². The van der Waals surface area contributed by atoms with Crippen molar-refractivity contribution in [2.45, 2.75) is 48.1 Å². The molecule has 1 N–H and O–H groups in total. The number of hydrogen-bond acceptors (Lipinski definition) is 2. The van der Waals surface area contributed by atoms with Gasteiger partial charge in [-0.15, -0.1) is 0 Å². The van der Waals surface area contributed by atoms with Crippen molar-refractivity contribution in [1.82, 2.24) is 5.32 Å². The highest BCUT2D eigenvalue weighted by Gasteiger charge is 2.22. The molecule has 0 aliphatic rings. The van der Waals surface area contributed by atoms with E-state index < -0.39 is 0 Å². The highest BCUT2D eigenvalue weighted by atomic mass is 16.5. The number of carbonyl (C=O) groups is 1. The molecule has 3 nitrogen and oxygen atoms in total. The van der Waals surface area contributed by atoms with E-state index >= 15 is 0 Å². The molecule has 0 saturated heterocycles. The van der Waals surface area contributed by atoms with Gasteiger partial charge in [0.05, 0.1) is 6.61 Å². The third kappa shape index (κ3) is 5.33. The van der Waals surface area contributed by atoms with Gasteiger partial charge in [-0.1, -0.05) is 34.3 Å². The third-order valence-electron chi connectivity index (χ3n) is 3.05. The van der Waals surface area contributed by atoms with Crippen molar-refractivity contribution in [3.63, 3.8) is 0 Å². The third-order valence-corrected chi connectivity index (χ3v) is 3.05. The van der Waals surface area contributed by atoms with Gasteiger partial charge in [0.25, 0.3) is 5.91 Å². The van der Waals surface area contributed by atoms with Crippen molar-refractivity contribution in [1.29, 1.82) is 0 Å². The molecule has 0 heterocycles. The van der Waals surface area contributed by atoms with Gasteiger partial charge in [0, 0.05) is 11.6 Å². The molecule has 1 rings (SSSR count). The lowest BCUT2D eigenvalue weighted by atomic mass is 9.88. The fourth-order valence-corrected chi connectivity index (χ4v) is 1.39. The van der Waals surface area contributed by atoms with Crippen LogP contribution in [0, 0.1) is 5.41 Å². The van der Waals surface area contributed by atoms with Gasteiger partial charge in [-0.3, -0.25) is 4.79 Å². The number of benzene rings is 1. The maximum absolute atomic E-state index is 12.1. The van der Waals surface area contributed by atoms with Gasteiger partial charge in [-0.05, 0) is 37.5 Å². The zero-order chi connectivity index (χ0) is 13.8. The summed E-state index contributed by atoms with van der Waals surface area (Å²) < 4.78 is 5.39. The molecule has 1 amide bonds. The molecule has 0 aliphatic carbocycles. The molecule has 0 spiro atoms. The van der Waals surface area contributed by atoms with Crippen LogP contribution in [0.2, 0.25) is 0 Å². The van der Waals surface area contributed by atoms with Gasteiger partial charge < -0.3 is 10.1 Å². The summed E-state index contributed by atoms with van der Waals surface area (Å²) in [6.07, 6.45) is 0. The van der Waals surface area contributed by atoms with Crippen molar-refractivity contribution < 1.29 is 9.53 Å². The van der Waals surface area contributed by atoms with Crippen LogP contribution in [0.5, 0.6) is 5.75 Å². The number of ether oxygens (including phenoxy) is 1. The monoisotopic (exact) mass is 265 g/mol. The maximum atomic E-state index is 12.1. The first-order valence-corrected chi connectivity index (χ1v) is 6.38. The van der Waals surface area contributed by atoms with E-state index in [-0.39, 0.29) is 24.8 Å². The topological polar surface area (TPSA) is 38.3 Å². The molecule has 0 aromatic heterocycles. The lowest BCUT2D eigenvalue weighted by Crippen LogP contribution is -2.41. The molecule has 1 aromatic rings. The van der Waals surface area contributed by atoms with Crippen LogP contribution < -0.4 is 10.1 Å². The van der Waals surface area contributed by atoms with Crippen LogP contribution in [0.4, 0.5) is 0 Å². The quantitative estimate of drug-likeness (QED) is 0.897. The van der Waals surface area contributed by atoms with E-state index in [1.807, 2.05) is 26.0 Å². The normalized spacial score (nSPS) is 12.3. The van der Waals surface area contributed by atoms with Gasteiger partial charge in [0.1, 0.15) is 5.75 Å². The molecule has 1 atom stereocenters. The summed E-state index contributed by atoms with van der Waals surface area (Å²) in [7, 11) is 0. The highest BCUT2D eigenvalue weighted by molar-refractivity contribution is 5.94. The van der Waals surface area contributed by atoms with Crippen molar-refractivity contribution >= 4 is 5.91 Å². The summed E-state index contributed by atoms with van der Waals surface area (Å²) >= 11 is 0. The average Bonchev–Trinajstić information content (AvgIpc) is 2.28. The first-order valence-electron chi connectivity index (χ1n) is 6.38. The number of nitrogens with one attached hydrogen (secondary N) is 1. The van der Waals surface area contributed by atoms with E-state index in [1.54, 1.807) is 12.1 Å². The Hall–Kier alpha value is -1.51. The molecule has 0 saturated carbocycles. The summed E-state index contributed by atoms with van der Waals surface area (Å²) in [5, 5.41) is 3.01. The van der Waals surface area contributed by atoms with Crippen LogP contribution in [0.3, 0.4) is 0 Å². The number of hydrogen-bond donors (Lipinski definition) is 1. The molecule has 1 aromatic carbocycles. The highest BCUT2D eigenvalue weighted by Crippen LogP contribution is 2.19. The maximum Gasteiger partial charge on any atom is 0.251 e. The van der Waals surface area contributed by atoms with Crippen LogP contribution in [-0.4, -0.2) is 18.6 Å². The van der Waals surface area contributed by atoms with Crippen LogP contribution in [-0.2, 0) is 0 Å². The van der Waals surface area contributed by atoms with Crippen molar-refractivity contribution in [2.75, 3.05) is 6.61 Å². The molecule has 0 aliphatic heterocycles. The predicted octanol–water partition coefficient (Wildman–Crippen LogP) is 3.89. The van der Waals surface area contributed by atoms with Crippen LogP contribution in [0.15, 0.2) is 24.3 Å². The molecule has 19 heavy (non-hydrogen) atoms. The van der Waals surface area contributed by atoms with Gasteiger partial charge in [0.2, 0.25) is 0 Å². The summed E-state index contributed by atoms with van der Waals surface area (Å²) in [5.41, 5.74) is 0.685. The minimum Gasteiger partial charge on any atom is -0.494 e. The molecule has 0 bridgehead atoms. The minimum absolute atomic E-state index is 0. The Morgan fingerprint density at radius 2 is 2.00 bits per heavy atom. The van der Waals surface area contributed by atoms with Gasteiger partial charge >= 0.3 is 0 Å². The lowest BCUT2D eigenvalue weighted by Gasteiger charge is -2.28. The molecule has 108 valence electrons. The molecule has 0 unspecified atom stereocenters. The molecule has 0 fully saturated rings. The second-order valence-electron chi connectivity index (χ2n) is 5.52. The van der Waals surface area contributed by atoms with Crippen molar-refractivity contribution in [3.05, 3.63) is 29.8 Å². The second kappa shape index (κ2) is 7.17. The SMILES string of the molecule is C.CCOc1cccc(C(=O)N[C@H](C)C(C)(C)C)c1. The van der Waals surface area contributed by atoms with E-state index in [4.69, 9.17) is 4.74 Å². The lowest BCUT2D eigenvalue weighted by molar-refractivity contribution is 0.0909. The van der Waals surface area contributed by atoms with Crippen LogP contribution >= 0.6 is 0 Å². The Kier molecular flexibility index (Phi) is 6.60. The summed E-state index contributed by atoms with van der Waals surface area (Å²) in [6.45, 7) is 10.9. The minimum atomic E-state index is -0.0565. The molecule has 0 radical (unpaired) electrons. The Balaban J connectivity index is 0.00000324. The molecular weight excluding hydrogens is 238 g/mol. The predicted molar refractivity (Wildman–Crippen MR) is 80.7 cm³/mol. The largest absolute Gasteiger partial charge is 0.494 e. The van der Waals surface area contributed by atoms with Gasteiger partial charge in [-0.25, -0.2) is 0 Å². The first-order chi connectivity index (χ1) is 8.34. The second-order valence-corrected chi connectivity index (χ2v) is 5.52. The molecule has 3 heteroatoms. The number of rotatable bonds is 4. The van der Waals surface area contributed by atoms with Crippen molar-refractivity contribution in [3.8, 4) is 5.75 Å². The Labute approximate surface area is 117 Å². The standard InChI is InChI=1S/C15H23NO2.CH4/c1-6-18-13-9-7-8-12(10-13)14(17)16-11(2)15(3,4)5;/h7-11H,6H2,1-5H3,(H,16,17);1H4/t11-;/m1./s1. The van der Waals surface area contributed by atoms with E-state index in [0.29, 0.717) is 12.2 Å². The molecular formula is C16H27NO2. The summed E-state index contributed by atoms with van der Waals surface area (Å²) in [4.78, 5) is 12.1. The first kappa shape index (κ1) is 17.5. The Morgan fingerprint density at radius 1 is 1.37 bits per heavy atom. The average molecular weight is 265 g/mol.